The van der Waals surface area contributed by atoms with Gasteiger partial charge in [-0.3, -0.25) is 4.79 Å². The van der Waals surface area contributed by atoms with Crippen LogP contribution in [0.2, 0.25) is 5.31 Å². The van der Waals surface area contributed by atoms with Gasteiger partial charge in [-0.05, 0) is 59.2 Å². The second-order valence-electron chi connectivity index (χ2n) is 8.28. The number of hydrogen-bond donors (Lipinski definition) is 2. The number of hydrogen-bond acceptors (Lipinski definition) is 4. The quantitative estimate of drug-likeness (QED) is 0.543. The first-order valence-electron chi connectivity index (χ1n) is 9.13. The maximum Gasteiger partial charge on any atom is 0.303 e. The van der Waals surface area contributed by atoms with E-state index in [4.69, 9.17) is 18.3 Å². The van der Waals surface area contributed by atoms with E-state index in [1.807, 2.05) is 20.8 Å². The van der Waals surface area contributed by atoms with Crippen molar-refractivity contribution in [2.45, 2.75) is 111 Å². The summed E-state index contributed by atoms with van der Waals surface area (Å²) in [7, 11) is 5.56. The zero-order valence-electron chi connectivity index (χ0n) is 18.3. The summed E-state index contributed by atoms with van der Waals surface area (Å²) in [6, 6.07) is 0. The lowest BCUT2D eigenvalue weighted by atomic mass is 9.62. The maximum atomic E-state index is 10.2. The molecule has 0 atom stereocenters. The Hall–Kier alpha value is -0.965. The third kappa shape index (κ3) is 25.4. The number of ether oxygens (including phenoxy) is 1. The van der Waals surface area contributed by atoms with Crippen LogP contribution in [0.5, 0.6) is 0 Å². The number of esters is 1. The lowest BCUT2D eigenvalue weighted by Crippen LogP contribution is -2.33. The molecule has 0 aromatic rings. The van der Waals surface area contributed by atoms with E-state index in [1.54, 1.807) is 27.7 Å². The highest BCUT2D eigenvalue weighted by Crippen LogP contribution is 2.32. The van der Waals surface area contributed by atoms with Crippen LogP contribution in [-0.4, -0.2) is 30.1 Å². The molecule has 0 saturated carbocycles. The molecule has 0 aliphatic rings. The van der Waals surface area contributed by atoms with Crippen LogP contribution in [0.1, 0.15) is 94.9 Å². The highest BCUT2D eigenvalue weighted by atomic mass is 16.6. The van der Waals surface area contributed by atoms with Crippen molar-refractivity contribution in [2.75, 3.05) is 0 Å². The molecule has 0 unspecified atom stereocenters. The summed E-state index contributed by atoms with van der Waals surface area (Å²) in [4.78, 5) is 10.2. The lowest BCUT2D eigenvalue weighted by Gasteiger charge is -2.33. The topological polar surface area (TPSA) is 72.5 Å². The van der Waals surface area contributed by atoms with Gasteiger partial charge in [0.15, 0.2) is 0 Å². The van der Waals surface area contributed by atoms with Gasteiger partial charge in [-0.25, -0.2) is 0 Å². The maximum absolute atomic E-state index is 10.2. The molecule has 3 N–H and O–H groups in total. The summed E-state index contributed by atoms with van der Waals surface area (Å²) in [5.41, 5.74) is 5.57. The molecular formula is C20H42BNO3. The summed E-state index contributed by atoms with van der Waals surface area (Å²) >= 11 is 0. The number of carbonyl (C=O) groups is 1. The fourth-order valence-electron chi connectivity index (χ4n) is 1.18. The minimum absolute atomic E-state index is 0.225. The van der Waals surface area contributed by atoms with Crippen molar-refractivity contribution in [1.29, 1.82) is 0 Å². The molecule has 2 radical (unpaired) electrons. The Kier molecular flexibility index (Phi) is 15.3. The third-order valence-electron chi connectivity index (χ3n) is 3.31. The minimum Gasteiger partial charge on any atom is -0.460 e. The first-order valence-corrected chi connectivity index (χ1v) is 9.13. The fourth-order valence-corrected chi connectivity index (χ4v) is 1.18. The minimum atomic E-state index is -0.785. The zero-order chi connectivity index (χ0) is 20.9. The monoisotopic (exact) mass is 355 g/mol. The number of allylic oxidation sites excluding steroid dienone is 2. The molecule has 0 aliphatic carbocycles. The number of rotatable bonds is 5. The van der Waals surface area contributed by atoms with Crippen molar-refractivity contribution < 1.29 is 14.6 Å². The molecule has 25 heavy (non-hydrogen) atoms. The molecule has 0 aromatic heterocycles. The van der Waals surface area contributed by atoms with Gasteiger partial charge in [0, 0.05) is 12.6 Å². The second-order valence-corrected chi connectivity index (χ2v) is 8.28. The van der Waals surface area contributed by atoms with E-state index >= 15 is 0 Å². The Balaban J connectivity index is -0.000000291. The molecule has 0 saturated heterocycles. The third-order valence-corrected chi connectivity index (χ3v) is 3.31. The average Bonchev–Trinajstić information content (AvgIpc) is 2.32. The predicted molar refractivity (Wildman–Crippen MR) is 110 cm³/mol. The van der Waals surface area contributed by atoms with E-state index in [1.165, 1.54) is 19.8 Å². The van der Waals surface area contributed by atoms with Gasteiger partial charge in [0.2, 0.25) is 0 Å². The smallest absolute Gasteiger partial charge is 0.303 e. The summed E-state index contributed by atoms with van der Waals surface area (Å²) < 4.78 is 4.80. The molecular weight excluding hydrogens is 313 g/mol. The van der Waals surface area contributed by atoms with E-state index in [2.05, 4.69) is 19.9 Å². The van der Waals surface area contributed by atoms with Gasteiger partial charge in [-0.1, -0.05) is 40.2 Å². The Morgan fingerprint density at radius 2 is 1.52 bits per heavy atom. The normalized spacial score (nSPS) is 12.4. The van der Waals surface area contributed by atoms with Crippen molar-refractivity contribution in [3.8, 4) is 0 Å². The second kappa shape index (κ2) is 13.3. The van der Waals surface area contributed by atoms with Crippen molar-refractivity contribution in [1.82, 2.24) is 0 Å². The first kappa shape index (κ1) is 28.8. The summed E-state index contributed by atoms with van der Waals surface area (Å²) in [6.45, 7) is 18.2. The van der Waals surface area contributed by atoms with Crippen LogP contribution in [0.4, 0.5) is 0 Å². The Morgan fingerprint density at radius 1 is 1.12 bits per heavy atom. The summed E-state index contributed by atoms with van der Waals surface area (Å²) in [5.74, 6) is -0.225. The van der Waals surface area contributed by atoms with Gasteiger partial charge in [0.1, 0.15) is 5.60 Å². The number of carbonyl (C=O) groups excluding carboxylic acids is 1. The largest absolute Gasteiger partial charge is 0.460 e. The molecule has 0 rings (SSSR count). The molecule has 0 heterocycles. The molecule has 0 amide bonds. The molecule has 0 bridgehead atoms. The number of aliphatic hydroxyl groups is 1. The molecule has 5 heteroatoms. The standard InChI is InChI=1S/C8H17N.C6H13BO.C6H12O2/c1-3-5-7-8(9)6-4-2;1-5(2,7)6(3,4)8;1-5(7)8-6(2,3)4/h6H,3-5,7,9H2,1-2H3;8H,1-4H3;1-4H3/b8-6+;;. The highest BCUT2D eigenvalue weighted by Gasteiger charge is 2.28. The van der Waals surface area contributed by atoms with Gasteiger partial charge in [0.25, 0.3) is 0 Å². The lowest BCUT2D eigenvalue weighted by molar-refractivity contribution is -0.151. The molecule has 148 valence electrons. The van der Waals surface area contributed by atoms with E-state index in [-0.39, 0.29) is 11.6 Å². The van der Waals surface area contributed by atoms with Gasteiger partial charge >= 0.3 is 5.97 Å². The molecule has 0 aliphatic heterocycles. The Bertz CT molecular complexity index is 360. The van der Waals surface area contributed by atoms with Gasteiger partial charge in [-0.2, -0.15) is 0 Å². The van der Waals surface area contributed by atoms with Crippen molar-refractivity contribution in [2.24, 2.45) is 5.73 Å². The number of nitrogens with two attached hydrogens (primary N) is 1. The van der Waals surface area contributed by atoms with Crippen LogP contribution in [0, 0.1) is 0 Å². The summed E-state index contributed by atoms with van der Waals surface area (Å²) in [5, 5.41) is 8.72. The van der Waals surface area contributed by atoms with Crippen LogP contribution < -0.4 is 5.73 Å². The van der Waals surface area contributed by atoms with E-state index in [0.29, 0.717) is 0 Å². The molecule has 0 aromatic carbocycles. The Labute approximate surface area is 158 Å². The average molecular weight is 355 g/mol. The fraction of sp³-hybridized carbons (Fsp3) is 0.850. The van der Waals surface area contributed by atoms with Crippen LogP contribution in [0.3, 0.4) is 0 Å². The van der Waals surface area contributed by atoms with Crippen LogP contribution >= 0.6 is 0 Å². The van der Waals surface area contributed by atoms with E-state index < -0.39 is 10.9 Å². The highest BCUT2D eigenvalue weighted by molar-refractivity contribution is 6.15. The predicted octanol–water partition coefficient (Wildman–Crippen LogP) is 4.90. The molecule has 0 spiro atoms. The molecule has 0 fully saturated rings. The van der Waals surface area contributed by atoms with E-state index in [9.17, 15) is 9.90 Å². The molecule has 4 nitrogen and oxygen atoms in total. The van der Waals surface area contributed by atoms with Crippen molar-refractivity contribution >= 4 is 13.8 Å². The van der Waals surface area contributed by atoms with E-state index in [0.717, 1.165) is 18.5 Å². The number of unbranched alkanes of at least 4 members (excludes halogenated alkanes) is 1. The van der Waals surface area contributed by atoms with Crippen molar-refractivity contribution in [3.63, 3.8) is 0 Å². The SMILES string of the molecule is CC(=O)OC(C)(C)C.CC/C=C(/N)CCCC.[B]C(C)(C)C(C)(C)O. The van der Waals surface area contributed by atoms with Crippen LogP contribution in [0.15, 0.2) is 11.8 Å². The van der Waals surface area contributed by atoms with Crippen LogP contribution in [-0.2, 0) is 9.53 Å². The van der Waals surface area contributed by atoms with Gasteiger partial charge in [0.05, 0.1) is 13.4 Å². The zero-order valence-corrected chi connectivity index (χ0v) is 18.3. The summed E-state index contributed by atoms with van der Waals surface area (Å²) in [6.07, 6.45) is 6.69. The van der Waals surface area contributed by atoms with Gasteiger partial charge in [-0.15, -0.1) is 0 Å². The van der Waals surface area contributed by atoms with Crippen molar-refractivity contribution in [3.05, 3.63) is 11.8 Å². The van der Waals surface area contributed by atoms with Crippen LogP contribution in [0.25, 0.3) is 0 Å². The van der Waals surface area contributed by atoms with Gasteiger partial charge < -0.3 is 15.6 Å². The first-order chi connectivity index (χ1) is 11.0. The Morgan fingerprint density at radius 3 is 1.68 bits per heavy atom.